The molecule has 9 nitrogen and oxygen atoms in total. The lowest BCUT2D eigenvalue weighted by Gasteiger charge is -2.12. The number of ether oxygens (including phenoxy) is 1. The monoisotopic (exact) mass is 472 g/mol. The first kappa shape index (κ1) is 22.5. The van der Waals surface area contributed by atoms with Crippen molar-refractivity contribution in [1.82, 2.24) is 35.5 Å². The van der Waals surface area contributed by atoms with E-state index in [1.807, 2.05) is 0 Å². The summed E-state index contributed by atoms with van der Waals surface area (Å²) in [4.78, 5) is 8.15. The van der Waals surface area contributed by atoms with E-state index in [1.165, 1.54) is 12.1 Å². The summed E-state index contributed by atoms with van der Waals surface area (Å²) in [6, 6.07) is 7.75. The number of nitrogens with zero attached hydrogens (tertiary/aromatic N) is 6. The third-order valence-electron chi connectivity index (χ3n) is 4.77. The minimum absolute atomic E-state index is 0.0861. The Bertz CT molecular complexity index is 1280. The lowest BCUT2D eigenvalue weighted by molar-refractivity contribution is 0.289. The number of pyridine rings is 2. The third kappa shape index (κ3) is 4.73. The zero-order valence-corrected chi connectivity index (χ0v) is 18.2. The summed E-state index contributed by atoms with van der Waals surface area (Å²) < 4.78 is 36.0. The quantitative estimate of drug-likeness (QED) is 0.296. The summed E-state index contributed by atoms with van der Waals surface area (Å²) >= 11 is 5.98. The summed E-state index contributed by atoms with van der Waals surface area (Å²) in [5.74, 6) is -2.29. The van der Waals surface area contributed by atoms with Gasteiger partial charge in [-0.25, -0.2) is 14.4 Å². The molecule has 3 N–H and O–H groups in total. The molecule has 0 spiro atoms. The number of aromatic nitrogens is 6. The van der Waals surface area contributed by atoms with Gasteiger partial charge in [0.15, 0.2) is 17.4 Å². The van der Waals surface area contributed by atoms with E-state index in [9.17, 15) is 8.78 Å². The molecule has 33 heavy (non-hydrogen) atoms. The number of nitrogen functional groups attached to an aromatic ring is 1. The maximum Gasteiger partial charge on any atom is 0.202 e. The lowest BCUT2D eigenvalue weighted by atomic mass is 10.1. The van der Waals surface area contributed by atoms with Crippen molar-refractivity contribution in [2.24, 2.45) is 0 Å². The van der Waals surface area contributed by atoms with Gasteiger partial charge in [-0.05, 0) is 66.3 Å². The first-order valence-corrected chi connectivity index (χ1v) is 10.3. The van der Waals surface area contributed by atoms with Gasteiger partial charge in [0.1, 0.15) is 16.7 Å². The van der Waals surface area contributed by atoms with E-state index in [0.29, 0.717) is 29.2 Å². The van der Waals surface area contributed by atoms with Crippen LogP contribution >= 0.6 is 11.6 Å². The molecule has 4 aromatic rings. The van der Waals surface area contributed by atoms with Crippen molar-refractivity contribution < 1.29 is 13.5 Å². The number of benzene rings is 1. The standard InChI is InChI=1S/C21H19ClF2N8O/c1-26-6-2-8-33-16-4-3-15(18(23)19(16)24)32-21(29-30-31-32)14-9-13(11-28-20(14)25)12-5-7-27-17(22)10-12/h3-5,7,9-11,26H,2,6,8H2,1H3,(H2,25,28). The van der Waals surface area contributed by atoms with E-state index in [0.717, 1.165) is 10.2 Å². The van der Waals surface area contributed by atoms with E-state index < -0.39 is 11.6 Å². The van der Waals surface area contributed by atoms with Crippen molar-refractivity contribution in [3.63, 3.8) is 0 Å². The smallest absolute Gasteiger partial charge is 0.202 e. The molecule has 4 rings (SSSR count). The number of hydrogen-bond donors (Lipinski definition) is 2. The molecule has 0 aliphatic heterocycles. The third-order valence-corrected chi connectivity index (χ3v) is 4.98. The average Bonchev–Trinajstić information content (AvgIpc) is 3.29. The molecule has 0 fully saturated rings. The Kier molecular flexibility index (Phi) is 6.71. The van der Waals surface area contributed by atoms with Crippen molar-refractivity contribution in [3.05, 3.63) is 59.5 Å². The fraction of sp³-hybridized carbons (Fsp3) is 0.190. The van der Waals surface area contributed by atoms with Crippen molar-refractivity contribution in [3.8, 4) is 34.0 Å². The van der Waals surface area contributed by atoms with Crippen molar-refractivity contribution >= 4 is 17.4 Å². The summed E-state index contributed by atoms with van der Waals surface area (Å²) in [5.41, 5.74) is 7.58. The van der Waals surface area contributed by atoms with E-state index in [-0.39, 0.29) is 29.7 Å². The normalized spacial score (nSPS) is 11.0. The van der Waals surface area contributed by atoms with E-state index in [1.54, 1.807) is 37.6 Å². The van der Waals surface area contributed by atoms with Crippen molar-refractivity contribution in [1.29, 1.82) is 0 Å². The molecule has 170 valence electrons. The van der Waals surface area contributed by atoms with Gasteiger partial charge in [0.25, 0.3) is 0 Å². The van der Waals surface area contributed by atoms with Gasteiger partial charge in [-0.1, -0.05) is 11.6 Å². The van der Waals surface area contributed by atoms with Crippen LogP contribution in [0.25, 0.3) is 28.2 Å². The van der Waals surface area contributed by atoms with Crippen LogP contribution in [0.2, 0.25) is 5.15 Å². The second-order valence-electron chi connectivity index (χ2n) is 6.95. The van der Waals surface area contributed by atoms with E-state index >= 15 is 0 Å². The number of tetrazole rings is 1. The fourth-order valence-electron chi connectivity index (χ4n) is 3.14. The van der Waals surface area contributed by atoms with E-state index in [2.05, 4.69) is 30.8 Å². The first-order chi connectivity index (χ1) is 16.0. The summed E-state index contributed by atoms with van der Waals surface area (Å²) in [5, 5.41) is 14.7. The minimum Gasteiger partial charge on any atom is -0.490 e. The van der Waals surface area contributed by atoms with Crippen LogP contribution in [0.15, 0.2) is 42.7 Å². The largest absolute Gasteiger partial charge is 0.490 e. The zero-order chi connectivity index (χ0) is 23.4. The van der Waals surface area contributed by atoms with Gasteiger partial charge in [0.2, 0.25) is 5.82 Å². The molecule has 0 unspecified atom stereocenters. The second-order valence-corrected chi connectivity index (χ2v) is 7.34. The highest BCUT2D eigenvalue weighted by Gasteiger charge is 2.22. The zero-order valence-electron chi connectivity index (χ0n) is 17.5. The molecule has 0 amide bonds. The van der Waals surface area contributed by atoms with Gasteiger partial charge in [0, 0.05) is 18.0 Å². The molecule has 0 saturated carbocycles. The van der Waals surface area contributed by atoms with Crippen LogP contribution in [0, 0.1) is 11.6 Å². The Labute approximate surface area is 192 Å². The molecule has 0 aliphatic rings. The molecule has 3 aromatic heterocycles. The maximum atomic E-state index is 14.9. The molecule has 0 atom stereocenters. The van der Waals surface area contributed by atoms with Crippen molar-refractivity contribution in [2.45, 2.75) is 6.42 Å². The minimum atomic E-state index is -1.15. The summed E-state index contributed by atoms with van der Waals surface area (Å²) in [6.07, 6.45) is 3.75. The molecule has 3 heterocycles. The predicted molar refractivity (Wildman–Crippen MR) is 119 cm³/mol. The number of halogens is 3. The molecule has 0 radical (unpaired) electrons. The average molecular weight is 473 g/mol. The number of rotatable bonds is 8. The lowest BCUT2D eigenvalue weighted by Crippen LogP contribution is -2.12. The van der Waals surface area contributed by atoms with E-state index in [4.69, 9.17) is 22.1 Å². The predicted octanol–water partition coefficient (Wildman–Crippen LogP) is 3.29. The Morgan fingerprint density at radius 2 is 1.97 bits per heavy atom. The summed E-state index contributed by atoms with van der Waals surface area (Å²) in [6.45, 7) is 0.928. The van der Waals surface area contributed by atoms with Crippen LogP contribution in [0.3, 0.4) is 0 Å². The van der Waals surface area contributed by atoms with Crippen LogP contribution in [0.1, 0.15) is 6.42 Å². The molecule has 0 aliphatic carbocycles. The second kappa shape index (κ2) is 9.84. The Morgan fingerprint density at radius 1 is 1.12 bits per heavy atom. The van der Waals surface area contributed by atoms with Crippen LogP contribution < -0.4 is 15.8 Å². The fourth-order valence-corrected chi connectivity index (χ4v) is 3.31. The van der Waals surface area contributed by atoms with Crippen molar-refractivity contribution in [2.75, 3.05) is 25.9 Å². The molecular weight excluding hydrogens is 454 g/mol. The Balaban J connectivity index is 1.71. The number of hydrogen-bond acceptors (Lipinski definition) is 8. The van der Waals surface area contributed by atoms with Gasteiger partial charge in [-0.15, -0.1) is 5.10 Å². The first-order valence-electron chi connectivity index (χ1n) is 9.91. The number of nitrogens with one attached hydrogen (secondary N) is 1. The van der Waals surface area contributed by atoms with Gasteiger partial charge < -0.3 is 15.8 Å². The highest BCUT2D eigenvalue weighted by molar-refractivity contribution is 6.29. The molecule has 1 aromatic carbocycles. The van der Waals surface area contributed by atoms with Crippen LogP contribution in [-0.2, 0) is 0 Å². The van der Waals surface area contributed by atoms with Crippen LogP contribution in [0.4, 0.5) is 14.6 Å². The van der Waals surface area contributed by atoms with Crippen LogP contribution in [-0.4, -0.2) is 50.4 Å². The van der Waals surface area contributed by atoms with Gasteiger partial charge in [-0.2, -0.15) is 9.07 Å². The summed E-state index contributed by atoms with van der Waals surface area (Å²) in [7, 11) is 1.79. The van der Waals surface area contributed by atoms with Gasteiger partial charge in [0.05, 0.1) is 12.2 Å². The highest BCUT2D eigenvalue weighted by Crippen LogP contribution is 2.31. The molecule has 0 saturated heterocycles. The molecular formula is C21H19ClF2N8O. The SMILES string of the molecule is CNCCCOc1ccc(-n2nnnc2-c2cc(-c3ccnc(Cl)c3)cnc2N)c(F)c1F. The number of nitrogens with two attached hydrogens (primary N) is 1. The molecule has 12 heteroatoms. The number of anilines is 1. The Hall–Kier alpha value is -3.70. The highest BCUT2D eigenvalue weighted by atomic mass is 35.5. The Morgan fingerprint density at radius 3 is 2.76 bits per heavy atom. The van der Waals surface area contributed by atoms with Gasteiger partial charge in [-0.3, -0.25) is 0 Å². The maximum absolute atomic E-state index is 14.9. The molecule has 0 bridgehead atoms. The topological polar surface area (TPSA) is 117 Å². The van der Waals surface area contributed by atoms with Crippen LogP contribution in [0.5, 0.6) is 5.75 Å². The van der Waals surface area contributed by atoms with Gasteiger partial charge >= 0.3 is 0 Å².